The van der Waals surface area contributed by atoms with Crippen LogP contribution in [0.2, 0.25) is 0 Å². The van der Waals surface area contributed by atoms with Gasteiger partial charge >= 0.3 is 5.97 Å². The topological polar surface area (TPSA) is 87.6 Å². The van der Waals surface area contributed by atoms with Crippen LogP contribution in [0.25, 0.3) is 0 Å². The Morgan fingerprint density at radius 3 is 2.57 bits per heavy atom. The molecule has 5 heteroatoms. The first kappa shape index (κ1) is 15.1. The maximum Gasteiger partial charge on any atom is 0.338 e. The maximum absolute atomic E-state index is 12.3. The van der Waals surface area contributed by atoms with Gasteiger partial charge in [-0.2, -0.15) is 0 Å². The molecule has 0 fully saturated rings. The molecule has 1 aliphatic rings. The molecule has 5 nitrogen and oxygen atoms in total. The van der Waals surface area contributed by atoms with E-state index in [1.165, 1.54) is 0 Å². The van der Waals surface area contributed by atoms with Crippen molar-refractivity contribution >= 4 is 5.97 Å². The van der Waals surface area contributed by atoms with Crippen molar-refractivity contribution in [3.05, 3.63) is 58.7 Å². The Morgan fingerprint density at radius 2 is 2.00 bits per heavy atom. The van der Waals surface area contributed by atoms with Gasteiger partial charge in [0.15, 0.2) is 5.88 Å². The Labute approximate surface area is 124 Å². The fourth-order valence-corrected chi connectivity index (χ4v) is 2.51. The molecule has 1 atom stereocenters. The van der Waals surface area contributed by atoms with Gasteiger partial charge in [0.2, 0.25) is 0 Å². The van der Waals surface area contributed by atoms with Crippen LogP contribution in [0.3, 0.4) is 0 Å². The average molecular weight is 288 g/mol. The van der Waals surface area contributed by atoms with Crippen molar-refractivity contribution in [3.63, 3.8) is 0 Å². The molecule has 1 heterocycles. The van der Waals surface area contributed by atoms with E-state index in [0.29, 0.717) is 23.5 Å². The van der Waals surface area contributed by atoms with E-state index < -0.39 is 5.97 Å². The highest BCUT2D eigenvalue weighted by molar-refractivity contribution is 5.92. The maximum atomic E-state index is 12.3. The molecule has 2 rings (SSSR count). The summed E-state index contributed by atoms with van der Waals surface area (Å²) in [5.74, 6) is -0.0137. The van der Waals surface area contributed by atoms with E-state index in [0.717, 1.165) is 5.56 Å². The minimum Gasteiger partial charge on any atom is -0.463 e. The zero-order valence-corrected chi connectivity index (χ0v) is 12.3. The number of ether oxygens (including phenoxy) is 2. The first-order valence-corrected chi connectivity index (χ1v) is 6.89. The molecule has 0 bridgehead atoms. The molecule has 0 aliphatic carbocycles. The second-order valence-corrected chi connectivity index (χ2v) is 4.73. The van der Waals surface area contributed by atoms with E-state index in [-0.39, 0.29) is 18.3 Å². The number of esters is 1. The van der Waals surface area contributed by atoms with Crippen molar-refractivity contribution in [2.45, 2.75) is 19.8 Å². The molecule has 0 saturated heterocycles. The molecule has 4 N–H and O–H groups in total. The summed E-state index contributed by atoms with van der Waals surface area (Å²) < 4.78 is 10.6. The summed E-state index contributed by atoms with van der Waals surface area (Å²) in [5, 5.41) is 0. The summed E-state index contributed by atoms with van der Waals surface area (Å²) in [6.45, 7) is 3.99. The van der Waals surface area contributed by atoms with Crippen LogP contribution in [0.15, 0.2) is 53.1 Å². The van der Waals surface area contributed by atoms with Crippen molar-refractivity contribution in [3.8, 4) is 0 Å². The number of carbonyl (C=O) groups excluding carboxylic acids is 1. The Balaban J connectivity index is 2.54. The Hall–Kier alpha value is -2.27. The Kier molecular flexibility index (Phi) is 4.65. The first-order valence-electron chi connectivity index (χ1n) is 6.89. The monoisotopic (exact) mass is 288 g/mol. The number of rotatable bonds is 4. The van der Waals surface area contributed by atoms with Crippen LogP contribution in [0.1, 0.15) is 25.3 Å². The Morgan fingerprint density at radius 1 is 1.33 bits per heavy atom. The summed E-state index contributed by atoms with van der Waals surface area (Å²) in [7, 11) is 0. The molecule has 21 heavy (non-hydrogen) atoms. The highest BCUT2D eigenvalue weighted by Crippen LogP contribution is 2.39. The van der Waals surface area contributed by atoms with Crippen LogP contribution in [-0.2, 0) is 14.3 Å². The van der Waals surface area contributed by atoms with Gasteiger partial charge in [-0.05, 0) is 19.4 Å². The van der Waals surface area contributed by atoms with Crippen LogP contribution in [0, 0.1) is 0 Å². The molecule has 0 amide bonds. The van der Waals surface area contributed by atoms with Crippen LogP contribution < -0.4 is 11.5 Å². The highest BCUT2D eigenvalue weighted by Gasteiger charge is 2.35. The van der Waals surface area contributed by atoms with Crippen molar-refractivity contribution in [2.24, 2.45) is 11.5 Å². The molecular formula is C16H20N2O3. The number of hydrogen-bond acceptors (Lipinski definition) is 5. The molecular weight excluding hydrogens is 268 g/mol. The van der Waals surface area contributed by atoms with Crippen molar-refractivity contribution in [1.82, 2.24) is 0 Å². The van der Waals surface area contributed by atoms with Gasteiger partial charge in [0.05, 0.1) is 12.2 Å². The van der Waals surface area contributed by atoms with E-state index in [1.807, 2.05) is 30.3 Å². The predicted octanol–water partition coefficient (Wildman–Crippen LogP) is 1.77. The molecule has 1 aliphatic heterocycles. The van der Waals surface area contributed by atoms with E-state index >= 15 is 0 Å². The number of hydrogen-bond donors (Lipinski definition) is 2. The van der Waals surface area contributed by atoms with Gasteiger partial charge in [-0.1, -0.05) is 30.3 Å². The van der Waals surface area contributed by atoms with Gasteiger partial charge in [-0.25, -0.2) is 4.79 Å². The molecule has 1 unspecified atom stereocenters. The van der Waals surface area contributed by atoms with Crippen molar-refractivity contribution in [1.29, 1.82) is 0 Å². The lowest BCUT2D eigenvalue weighted by Crippen LogP contribution is -2.29. The van der Waals surface area contributed by atoms with E-state index in [9.17, 15) is 4.79 Å². The second kappa shape index (κ2) is 6.45. The minimum atomic E-state index is -0.401. The number of nitrogens with two attached hydrogens (primary N) is 2. The largest absolute Gasteiger partial charge is 0.463 e. The summed E-state index contributed by atoms with van der Waals surface area (Å²) in [5.41, 5.74) is 13.8. The fraction of sp³-hybridized carbons (Fsp3) is 0.312. The number of allylic oxidation sites excluding steroid dienone is 1. The highest BCUT2D eigenvalue weighted by atomic mass is 16.5. The molecule has 0 saturated carbocycles. The van der Waals surface area contributed by atoms with Gasteiger partial charge in [0.25, 0.3) is 0 Å². The zero-order valence-electron chi connectivity index (χ0n) is 12.3. The van der Waals surface area contributed by atoms with Crippen molar-refractivity contribution < 1.29 is 14.3 Å². The van der Waals surface area contributed by atoms with Gasteiger partial charge in [0.1, 0.15) is 5.76 Å². The molecule has 0 radical (unpaired) electrons. The number of benzene rings is 1. The van der Waals surface area contributed by atoms with E-state index in [2.05, 4.69) is 0 Å². The predicted molar refractivity (Wildman–Crippen MR) is 79.9 cm³/mol. The minimum absolute atomic E-state index is 0.210. The Bertz CT molecular complexity index is 591. The smallest absolute Gasteiger partial charge is 0.338 e. The summed E-state index contributed by atoms with van der Waals surface area (Å²) in [4.78, 5) is 12.3. The lowest BCUT2D eigenvalue weighted by atomic mass is 9.82. The molecule has 0 spiro atoms. The normalized spacial score (nSPS) is 18.5. The molecule has 0 aromatic heterocycles. The quantitative estimate of drug-likeness (QED) is 0.824. The van der Waals surface area contributed by atoms with Crippen LogP contribution in [0.4, 0.5) is 0 Å². The lowest BCUT2D eigenvalue weighted by molar-refractivity contribution is -0.139. The first-order chi connectivity index (χ1) is 10.1. The third kappa shape index (κ3) is 2.92. The van der Waals surface area contributed by atoms with Crippen LogP contribution >= 0.6 is 0 Å². The number of carbonyl (C=O) groups is 1. The second-order valence-electron chi connectivity index (χ2n) is 4.73. The van der Waals surface area contributed by atoms with E-state index in [1.54, 1.807) is 13.8 Å². The zero-order chi connectivity index (χ0) is 15.4. The van der Waals surface area contributed by atoms with E-state index in [4.69, 9.17) is 20.9 Å². The van der Waals surface area contributed by atoms with Gasteiger partial charge in [-0.15, -0.1) is 0 Å². The van der Waals surface area contributed by atoms with Gasteiger partial charge in [0, 0.05) is 18.0 Å². The van der Waals surface area contributed by atoms with Crippen LogP contribution in [0.5, 0.6) is 0 Å². The van der Waals surface area contributed by atoms with Crippen molar-refractivity contribution in [2.75, 3.05) is 13.2 Å². The lowest BCUT2D eigenvalue weighted by Gasteiger charge is -2.29. The summed E-state index contributed by atoms with van der Waals surface area (Å²) in [6.07, 6.45) is 0. The molecule has 1 aromatic rings. The third-order valence-corrected chi connectivity index (χ3v) is 3.44. The summed E-state index contributed by atoms with van der Waals surface area (Å²) >= 11 is 0. The van der Waals surface area contributed by atoms with Crippen LogP contribution in [-0.4, -0.2) is 19.1 Å². The average Bonchev–Trinajstić information content (AvgIpc) is 2.47. The van der Waals surface area contributed by atoms with Gasteiger partial charge in [-0.3, -0.25) is 0 Å². The molecule has 112 valence electrons. The van der Waals surface area contributed by atoms with Gasteiger partial charge < -0.3 is 20.9 Å². The SMILES string of the molecule is CCOC(=O)C1=C(C)OC(N)=C(CN)C1c1ccccc1. The summed E-state index contributed by atoms with van der Waals surface area (Å²) in [6, 6.07) is 9.61. The molecule has 1 aromatic carbocycles. The fourth-order valence-electron chi connectivity index (χ4n) is 2.51. The third-order valence-electron chi connectivity index (χ3n) is 3.44. The standard InChI is InChI=1S/C16H20N2O3/c1-3-20-16(19)13-10(2)21-15(18)12(9-17)14(13)11-7-5-4-6-8-11/h4-8,14H,3,9,17-18H2,1-2H3.